The van der Waals surface area contributed by atoms with Gasteiger partial charge < -0.3 is 15.0 Å². The van der Waals surface area contributed by atoms with Crippen molar-refractivity contribution in [2.75, 3.05) is 13.2 Å². The van der Waals surface area contributed by atoms with E-state index in [1.807, 2.05) is 37.3 Å². The van der Waals surface area contributed by atoms with Gasteiger partial charge in [0.05, 0.1) is 12.0 Å². The van der Waals surface area contributed by atoms with Crippen molar-refractivity contribution in [2.24, 2.45) is 5.92 Å². The topological polar surface area (TPSA) is 75.7 Å². The smallest absolute Gasteiger partial charge is 0.311 e. The van der Waals surface area contributed by atoms with Gasteiger partial charge in [-0.15, -0.1) is 0 Å². The number of esters is 1. The SMILES string of the molecule is C[C@H](c1ccccc1)N1C[C@@H](C(=O)OCC(=O)NCc2ccccc2F)CC1=O. The Morgan fingerprint density at radius 1 is 1.17 bits per heavy atom. The average Bonchev–Trinajstić information content (AvgIpc) is 3.13. The summed E-state index contributed by atoms with van der Waals surface area (Å²) in [7, 11) is 0. The Morgan fingerprint density at radius 3 is 2.59 bits per heavy atom. The first kappa shape index (κ1) is 20.5. The number of nitrogens with one attached hydrogen (secondary N) is 1. The molecular weight excluding hydrogens is 375 g/mol. The maximum absolute atomic E-state index is 13.5. The number of amides is 2. The predicted octanol–water partition coefficient (Wildman–Crippen LogP) is 2.59. The lowest BCUT2D eigenvalue weighted by Gasteiger charge is -2.25. The maximum atomic E-state index is 13.5. The van der Waals surface area contributed by atoms with E-state index in [0.29, 0.717) is 5.56 Å². The van der Waals surface area contributed by atoms with Crippen molar-refractivity contribution in [1.82, 2.24) is 10.2 Å². The van der Waals surface area contributed by atoms with Crippen LogP contribution in [0, 0.1) is 11.7 Å². The molecule has 1 N–H and O–H groups in total. The molecule has 2 atom stereocenters. The molecule has 0 spiro atoms. The molecule has 0 bridgehead atoms. The third-order valence-corrected chi connectivity index (χ3v) is 5.02. The van der Waals surface area contributed by atoms with Crippen LogP contribution in [0.5, 0.6) is 0 Å². The molecule has 0 aliphatic carbocycles. The number of likely N-dealkylation sites (tertiary alicyclic amines) is 1. The van der Waals surface area contributed by atoms with Crippen LogP contribution in [0.1, 0.15) is 30.5 Å². The minimum Gasteiger partial charge on any atom is -0.455 e. The van der Waals surface area contributed by atoms with Crippen LogP contribution in [0.4, 0.5) is 4.39 Å². The Morgan fingerprint density at radius 2 is 1.86 bits per heavy atom. The van der Waals surface area contributed by atoms with E-state index in [1.54, 1.807) is 23.1 Å². The summed E-state index contributed by atoms with van der Waals surface area (Å²) in [6.45, 7) is 1.71. The molecule has 0 saturated carbocycles. The van der Waals surface area contributed by atoms with E-state index in [1.165, 1.54) is 6.07 Å². The molecule has 7 heteroatoms. The fourth-order valence-corrected chi connectivity index (χ4v) is 3.32. The highest BCUT2D eigenvalue weighted by molar-refractivity contribution is 5.88. The lowest BCUT2D eigenvalue weighted by Crippen LogP contribution is -2.32. The lowest BCUT2D eigenvalue weighted by molar-refractivity contribution is -0.152. The highest BCUT2D eigenvalue weighted by Crippen LogP contribution is 2.28. The van der Waals surface area contributed by atoms with Crippen molar-refractivity contribution in [3.8, 4) is 0 Å². The predicted molar refractivity (Wildman–Crippen MR) is 104 cm³/mol. The molecule has 1 fully saturated rings. The minimum absolute atomic E-state index is 0.00728. The molecule has 2 amide bonds. The van der Waals surface area contributed by atoms with Crippen LogP contribution in [-0.2, 0) is 25.7 Å². The van der Waals surface area contributed by atoms with Gasteiger partial charge in [-0.2, -0.15) is 0 Å². The highest BCUT2D eigenvalue weighted by atomic mass is 19.1. The Labute approximate surface area is 168 Å². The summed E-state index contributed by atoms with van der Waals surface area (Å²) in [6, 6.07) is 15.5. The van der Waals surface area contributed by atoms with Crippen molar-refractivity contribution in [3.63, 3.8) is 0 Å². The van der Waals surface area contributed by atoms with Gasteiger partial charge >= 0.3 is 5.97 Å². The molecule has 0 radical (unpaired) electrons. The summed E-state index contributed by atoms with van der Waals surface area (Å²) < 4.78 is 18.6. The van der Waals surface area contributed by atoms with E-state index >= 15 is 0 Å². The van der Waals surface area contributed by atoms with Crippen LogP contribution >= 0.6 is 0 Å². The summed E-state index contributed by atoms with van der Waals surface area (Å²) in [5.41, 5.74) is 1.33. The van der Waals surface area contributed by atoms with Gasteiger partial charge in [-0.25, -0.2) is 4.39 Å². The quantitative estimate of drug-likeness (QED) is 0.728. The van der Waals surface area contributed by atoms with Gasteiger partial charge in [0.2, 0.25) is 5.91 Å². The number of hydrogen-bond acceptors (Lipinski definition) is 4. The minimum atomic E-state index is -0.604. The summed E-state index contributed by atoms with van der Waals surface area (Å²) in [5, 5.41) is 2.51. The molecule has 1 heterocycles. The molecule has 6 nitrogen and oxygen atoms in total. The van der Waals surface area contributed by atoms with Gasteiger partial charge in [0.1, 0.15) is 5.82 Å². The molecule has 2 aromatic carbocycles. The summed E-state index contributed by atoms with van der Waals surface area (Å²) in [6.07, 6.45) is 0.0624. The Bertz CT molecular complexity index is 887. The third kappa shape index (κ3) is 5.19. The first-order chi connectivity index (χ1) is 14.0. The van der Waals surface area contributed by atoms with E-state index in [0.717, 1.165) is 5.56 Å². The zero-order chi connectivity index (χ0) is 20.8. The number of halogens is 1. The maximum Gasteiger partial charge on any atom is 0.311 e. The number of carbonyl (C=O) groups is 3. The zero-order valence-corrected chi connectivity index (χ0v) is 16.1. The van der Waals surface area contributed by atoms with Gasteiger partial charge in [-0.1, -0.05) is 48.5 Å². The first-order valence-corrected chi connectivity index (χ1v) is 9.47. The molecule has 29 heavy (non-hydrogen) atoms. The Hall–Kier alpha value is -3.22. The number of rotatable bonds is 7. The zero-order valence-electron chi connectivity index (χ0n) is 16.1. The fraction of sp³-hybridized carbons (Fsp3) is 0.318. The lowest BCUT2D eigenvalue weighted by atomic mass is 10.1. The first-order valence-electron chi connectivity index (χ1n) is 9.47. The van der Waals surface area contributed by atoms with Crippen LogP contribution in [-0.4, -0.2) is 35.8 Å². The number of hydrogen-bond donors (Lipinski definition) is 1. The molecule has 152 valence electrons. The van der Waals surface area contributed by atoms with Crippen molar-refractivity contribution in [3.05, 3.63) is 71.5 Å². The summed E-state index contributed by atoms with van der Waals surface area (Å²) in [4.78, 5) is 38.2. The monoisotopic (exact) mass is 398 g/mol. The van der Waals surface area contributed by atoms with Crippen LogP contribution in [0.3, 0.4) is 0 Å². The van der Waals surface area contributed by atoms with Crippen LogP contribution in [0.25, 0.3) is 0 Å². The Kier molecular flexibility index (Phi) is 6.59. The van der Waals surface area contributed by atoms with E-state index in [9.17, 15) is 18.8 Å². The summed E-state index contributed by atoms with van der Waals surface area (Å²) >= 11 is 0. The van der Waals surface area contributed by atoms with Crippen molar-refractivity contribution in [1.29, 1.82) is 0 Å². The van der Waals surface area contributed by atoms with Crippen LogP contribution in [0.15, 0.2) is 54.6 Å². The second kappa shape index (κ2) is 9.32. The van der Waals surface area contributed by atoms with Crippen molar-refractivity contribution in [2.45, 2.75) is 25.9 Å². The third-order valence-electron chi connectivity index (χ3n) is 5.02. The molecule has 2 aromatic rings. The van der Waals surface area contributed by atoms with Crippen molar-refractivity contribution >= 4 is 17.8 Å². The molecule has 1 aliphatic rings. The van der Waals surface area contributed by atoms with Gasteiger partial charge in [-0.3, -0.25) is 14.4 Å². The Balaban J connectivity index is 1.47. The molecule has 0 aromatic heterocycles. The number of nitrogens with zero attached hydrogens (tertiary/aromatic N) is 1. The number of ether oxygens (including phenoxy) is 1. The number of carbonyl (C=O) groups excluding carboxylic acids is 3. The molecule has 0 unspecified atom stereocenters. The molecule has 1 aliphatic heterocycles. The summed E-state index contributed by atoms with van der Waals surface area (Å²) in [5.74, 6) is -2.25. The second-order valence-electron chi connectivity index (χ2n) is 7.01. The highest BCUT2D eigenvalue weighted by Gasteiger charge is 2.38. The normalized spacial score (nSPS) is 17.1. The average molecular weight is 398 g/mol. The van der Waals surface area contributed by atoms with Crippen LogP contribution in [0.2, 0.25) is 0 Å². The second-order valence-corrected chi connectivity index (χ2v) is 7.01. The van der Waals surface area contributed by atoms with E-state index in [2.05, 4.69) is 5.32 Å². The standard InChI is InChI=1S/C22H23FN2O4/c1-15(16-7-3-2-4-8-16)25-13-18(11-21(25)27)22(28)29-14-20(26)24-12-17-9-5-6-10-19(17)23/h2-10,15,18H,11-14H2,1H3,(H,24,26)/t15-,18+/m1/s1. The molecule has 3 rings (SSSR count). The molecular formula is C22H23FN2O4. The van der Waals surface area contributed by atoms with E-state index in [4.69, 9.17) is 4.74 Å². The van der Waals surface area contributed by atoms with E-state index in [-0.39, 0.29) is 31.5 Å². The van der Waals surface area contributed by atoms with Gasteiger partial charge in [0, 0.05) is 25.1 Å². The van der Waals surface area contributed by atoms with Gasteiger partial charge in [0.25, 0.3) is 5.91 Å². The van der Waals surface area contributed by atoms with Gasteiger partial charge in [-0.05, 0) is 18.6 Å². The molecule has 1 saturated heterocycles. The van der Waals surface area contributed by atoms with Crippen LogP contribution < -0.4 is 5.32 Å². The fourth-order valence-electron chi connectivity index (χ4n) is 3.32. The van der Waals surface area contributed by atoms with E-state index < -0.39 is 30.2 Å². The number of benzene rings is 2. The van der Waals surface area contributed by atoms with Gasteiger partial charge in [0.15, 0.2) is 6.61 Å². The largest absolute Gasteiger partial charge is 0.455 e. The van der Waals surface area contributed by atoms with Crippen molar-refractivity contribution < 1.29 is 23.5 Å².